The van der Waals surface area contributed by atoms with Crippen LogP contribution < -0.4 is 5.73 Å². The zero-order valence-corrected chi connectivity index (χ0v) is 12.4. The lowest BCUT2D eigenvalue weighted by molar-refractivity contribution is 0.505. The van der Waals surface area contributed by atoms with E-state index in [2.05, 4.69) is 18.1 Å². The topological polar surface area (TPSA) is 43.8 Å². The summed E-state index contributed by atoms with van der Waals surface area (Å²) < 4.78 is 28.0. The summed E-state index contributed by atoms with van der Waals surface area (Å²) in [6.45, 7) is 4.90. The Morgan fingerprint density at radius 1 is 1.14 bits per heavy atom. The van der Waals surface area contributed by atoms with E-state index in [0.29, 0.717) is 18.4 Å². The van der Waals surface area contributed by atoms with E-state index < -0.39 is 11.6 Å². The molecule has 1 atom stereocenters. The maximum atomic E-state index is 13.2. The quantitative estimate of drug-likeness (QED) is 0.890. The first-order valence-electron chi connectivity index (χ1n) is 7.28. The average Bonchev–Trinajstić information content (AvgIpc) is 2.85. The van der Waals surface area contributed by atoms with Crippen molar-refractivity contribution in [1.29, 1.82) is 0 Å². The number of aromatic nitrogens is 2. The van der Waals surface area contributed by atoms with Crippen LogP contribution in [0, 0.1) is 11.6 Å². The Labute approximate surface area is 123 Å². The Hall–Kier alpha value is -1.75. The molecule has 0 bridgehead atoms. The van der Waals surface area contributed by atoms with Crippen LogP contribution in [0.25, 0.3) is 0 Å². The highest BCUT2D eigenvalue weighted by atomic mass is 19.2. The zero-order valence-electron chi connectivity index (χ0n) is 12.4. The maximum absolute atomic E-state index is 13.2. The van der Waals surface area contributed by atoms with Gasteiger partial charge in [-0.3, -0.25) is 4.68 Å². The van der Waals surface area contributed by atoms with E-state index in [1.54, 1.807) is 6.07 Å². The fraction of sp³-hybridized carbons (Fsp3) is 0.438. The zero-order chi connectivity index (χ0) is 15.4. The number of hydrogen-bond donors (Lipinski definition) is 1. The predicted octanol–water partition coefficient (Wildman–Crippen LogP) is 2.86. The molecule has 0 aliphatic carbocycles. The third-order valence-corrected chi connectivity index (χ3v) is 3.53. The van der Waals surface area contributed by atoms with Gasteiger partial charge in [-0.05, 0) is 43.5 Å². The van der Waals surface area contributed by atoms with E-state index in [4.69, 9.17) is 5.73 Å². The lowest BCUT2D eigenvalue weighted by Gasteiger charge is -2.12. The molecule has 0 saturated carbocycles. The van der Waals surface area contributed by atoms with Crippen LogP contribution >= 0.6 is 0 Å². The minimum Gasteiger partial charge on any atom is -0.327 e. The molecule has 0 spiro atoms. The van der Waals surface area contributed by atoms with Crippen molar-refractivity contribution >= 4 is 0 Å². The van der Waals surface area contributed by atoms with Crippen molar-refractivity contribution in [2.24, 2.45) is 5.73 Å². The van der Waals surface area contributed by atoms with Gasteiger partial charge in [0.15, 0.2) is 11.6 Å². The van der Waals surface area contributed by atoms with Crippen molar-refractivity contribution in [3.8, 4) is 0 Å². The van der Waals surface area contributed by atoms with Gasteiger partial charge in [-0.1, -0.05) is 13.0 Å². The van der Waals surface area contributed by atoms with E-state index in [9.17, 15) is 8.78 Å². The van der Waals surface area contributed by atoms with Crippen LogP contribution in [0.4, 0.5) is 8.78 Å². The number of halogens is 2. The van der Waals surface area contributed by atoms with Crippen LogP contribution in [-0.2, 0) is 25.8 Å². The fourth-order valence-corrected chi connectivity index (χ4v) is 2.44. The summed E-state index contributed by atoms with van der Waals surface area (Å²) in [5.41, 5.74) is 8.99. The third kappa shape index (κ3) is 3.88. The fourth-order valence-electron chi connectivity index (χ4n) is 2.44. The Bertz CT molecular complexity index is 608. The summed E-state index contributed by atoms with van der Waals surface area (Å²) in [7, 11) is 0. The molecule has 0 fully saturated rings. The van der Waals surface area contributed by atoms with Crippen LogP contribution in [0.5, 0.6) is 0 Å². The van der Waals surface area contributed by atoms with E-state index in [0.717, 1.165) is 30.4 Å². The van der Waals surface area contributed by atoms with Gasteiger partial charge in [0.25, 0.3) is 0 Å². The van der Waals surface area contributed by atoms with Gasteiger partial charge < -0.3 is 5.73 Å². The molecule has 0 aliphatic heterocycles. The third-order valence-electron chi connectivity index (χ3n) is 3.53. The second kappa shape index (κ2) is 6.80. The lowest BCUT2D eigenvalue weighted by atomic mass is 10.0. The highest BCUT2D eigenvalue weighted by Crippen LogP contribution is 2.13. The summed E-state index contributed by atoms with van der Waals surface area (Å²) in [6, 6.07) is 5.84. The van der Waals surface area contributed by atoms with Crippen molar-refractivity contribution < 1.29 is 8.78 Å². The van der Waals surface area contributed by atoms with E-state index in [1.807, 2.05) is 11.6 Å². The molecular weight excluding hydrogens is 272 g/mol. The maximum Gasteiger partial charge on any atom is 0.159 e. The Kier molecular flexibility index (Phi) is 5.07. The molecule has 0 radical (unpaired) electrons. The number of benzene rings is 1. The first-order valence-corrected chi connectivity index (χ1v) is 7.28. The van der Waals surface area contributed by atoms with Crippen molar-refractivity contribution in [2.45, 2.75) is 45.7 Å². The van der Waals surface area contributed by atoms with Gasteiger partial charge in [0.2, 0.25) is 0 Å². The number of aryl methyl sites for hydroxylation is 2. The Morgan fingerprint density at radius 2 is 1.90 bits per heavy atom. The van der Waals surface area contributed by atoms with Gasteiger partial charge in [0.05, 0.1) is 5.69 Å². The molecule has 2 rings (SSSR count). The number of hydrogen-bond acceptors (Lipinski definition) is 2. The molecule has 2 aromatic rings. The van der Waals surface area contributed by atoms with Gasteiger partial charge in [-0.2, -0.15) is 5.10 Å². The van der Waals surface area contributed by atoms with Crippen LogP contribution in [0.3, 0.4) is 0 Å². The van der Waals surface area contributed by atoms with Crippen molar-refractivity contribution in [2.75, 3.05) is 0 Å². The summed E-state index contributed by atoms with van der Waals surface area (Å²) in [4.78, 5) is 0. The summed E-state index contributed by atoms with van der Waals surface area (Å²) in [6.07, 6.45) is 2.06. The number of rotatable bonds is 6. The molecule has 0 saturated heterocycles. The molecule has 5 heteroatoms. The smallest absolute Gasteiger partial charge is 0.159 e. The normalized spacial score (nSPS) is 12.6. The van der Waals surface area contributed by atoms with Crippen LogP contribution in [-0.4, -0.2) is 15.8 Å². The van der Waals surface area contributed by atoms with Crippen LogP contribution in [0.15, 0.2) is 24.3 Å². The molecule has 2 N–H and O–H groups in total. The summed E-state index contributed by atoms with van der Waals surface area (Å²) in [5, 5.41) is 4.48. The SMILES string of the molecule is CCc1cc(CC(N)Cc2ccc(F)c(F)c2)n(CC)n1. The minimum absolute atomic E-state index is 0.151. The molecular formula is C16H21F2N3. The molecule has 1 unspecified atom stereocenters. The molecule has 21 heavy (non-hydrogen) atoms. The molecule has 1 aromatic heterocycles. The minimum atomic E-state index is -0.830. The number of nitrogens with zero attached hydrogens (tertiary/aromatic N) is 2. The van der Waals surface area contributed by atoms with Gasteiger partial charge in [-0.25, -0.2) is 8.78 Å². The number of nitrogens with two attached hydrogens (primary N) is 1. The van der Waals surface area contributed by atoms with Gasteiger partial charge in [0.1, 0.15) is 0 Å². The van der Waals surface area contributed by atoms with Crippen LogP contribution in [0.2, 0.25) is 0 Å². The van der Waals surface area contributed by atoms with Gasteiger partial charge >= 0.3 is 0 Å². The molecule has 1 heterocycles. The molecule has 1 aromatic carbocycles. The summed E-state index contributed by atoms with van der Waals surface area (Å²) >= 11 is 0. The van der Waals surface area contributed by atoms with Crippen molar-refractivity contribution in [1.82, 2.24) is 9.78 Å². The summed E-state index contributed by atoms with van der Waals surface area (Å²) in [5.74, 6) is -1.66. The first kappa shape index (κ1) is 15.6. The van der Waals surface area contributed by atoms with Crippen molar-refractivity contribution in [3.05, 3.63) is 52.9 Å². The van der Waals surface area contributed by atoms with E-state index in [1.165, 1.54) is 6.07 Å². The molecule has 114 valence electrons. The molecule has 0 aliphatic rings. The first-order chi connectivity index (χ1) is 10.0. The highest BCUT2D eigenvalue weighted by Gasteiger charge is 2.12. The van der Waals surface area contributed by atoms with Crippen molar-refractivity contribution in [3.63, 3.8) is 0 Å². The standard InChI is InChI=1S/C16H21F2N3/c1-3-13-10-14(21(4-2)20-13)9-12(19)7-11-5-6-15(17)16(18)8-11/h5-6,8,10,12H,3-4,7,9,19H2,1-2H3. The molecule has 3 nitrogen and oxygen atoms in total. The van der Waals surface area contributed by atoms with Gasteiger partial charge in [-0.15, -0.1) is 0 Å². The second-order valence-corrected chi connectivity index (χ2v) is 5.21. The lowest BCUT2D eigenvalue weighted by Crippen LogP contribution is -2.27. The highest BCUT2D eigenvalue weighted by molar-refractivity contribution is 5.20. The largest absolute Gasteiger partial charge is 0.327 e. The van der Waals surface area contributed by atoms with Crippen LogP contribution in [0.1, 0.15) is 30.8 Å². The molecule has 0 amide bonds. The Morgan fingerprint density at radius 3 is 2.52 bits per heavy atom. The van der Waals surface area contributed by atoms with E-state index in [-0.39, 0.29) is 6.04 Å². The average molecular weight is 293 g/mol. The monoisotopic (exact) mass is 293 g/mol. The second-order valence-electron chi connectivity index (χ2n) is 5.21. The van der Waals surface area contributed by atoms with E-state index >= 15 is 0 Å². The Balaban J connectivity index is 2.05. The van der Waals surface area contributed by atoms with Gasteiger partial charge in [0, 0.05) is 24.7 Å². The predicted molar refractivity (Wildman–Crippen MR) is 79.0 cm³/mol.